The Hall–Kier alpha value is -3.31. The van der Waals surface area contributed by atoms with E-state index in [4.69, 9.17) is 0 Å². The number of carbonyl (C=O) groups excluding carboxylic acids is 2. The standard InChI is InChI=1S/C25H22N2O2S/c1-17-14-18(2)16-20(15-17)27-24(28)22(26(3)19-10-6-4-7-11-19)23(25(27)29)30-21-12-8-5-9-13-21/h4-16H,1-3H3. The summed E-state index contributed by atoms with van der Waals surface area (Å²) in [6, 6.07) is 25.0. The lowest BCUT2D eigenvalue weighted by Crippen LogP contribution is -2.34. The number of benzene rings is 3. The van der Waals surface area contributed by atoms with Crippen molar-refractivity contribution in [3.05, 3.63) is 101 Å². The molecule has 3 aromatic rings. The normalized spacial score (nSPS) is 13.9. The molecule has 0 fully saturated rings. The van der Waals surface area contributed by atoms with E-state index in [2.05, 4.69) is 0 Å². The predicted octanol–water partition coefficient (Wildman–Crippen LogP) is 5.32. The van der Waals surface area contributed by atoms with E-state index in [-0.39, 0.29) is 11.8 Å². The highest BCUT2D eigenvalue weighted by Gasteiger charge is 2.42. The van der Waals surface area contributed by atoms with Gasteiger partial charge in [0.25, 0.3) is 11.8 Å². The Morgan fingerprint density at radius 1 is 0.767 bits per heavy atom. The van der Waals surface area contributed by atoms with Crippen molar-refractivity contribution in [3.8, 4) is 0 Å². The average molecular weight is 415 g/mol. The number of nitrogens with zero attached hydrogens (tertiary/aromatic N) is 2. The fourth-order valence-corrected chi connectivity index (χ4v) is 4.62. The summed E-state index contributed by atoms with van der Waals surface area (Å²) in [6.07, 6.45) is 0. The maximum atomic E-state index is 13.5. The average Bonchev–Trinajstić information content (AvgIpc) is 2.97. The van der Waals surface area contributed by atoms with Gasteiger partial charge in [-0.2, -0.15) is 0 Å². The second-order valence-electron chi connectivity index (χ2n) is 7.28. The first-order valence-electron chi connectivity index (χ1n) is 9.69. The third-order valence-electron chi connectivity index (χ3n) is 4.92. The SMILES string of the molecule is Cc1cc(C)cc(N2C(=O)C(Sc3ccccc3)=C(N(C)c3ccccc3)C2=O)c1. The maximum absolute atomic E-state index is 13.5. The van der Waals surface area contributed by atoms with Gasteiger partial charge in [-0.3, -0.25) is 9.59 Å². The first-order valence-corrected chi connectivity index (χ1v) is 10.5. The van der Waals surface area contributed by atoms with Crippen LogP contribution in [0.4, 0.5) is 11.4 Å². The topological polar surface area (TPSA) is 40.6 Å². The number of thioether (sulfide) groups is 1. The number of likely N-dealkylation sites (N-methyl/N-ethyl adjacent to an activating group) is 1. The number of amides is 2. The van der Waals surface area contributed by atoms with Crippen LogP contribution in [0, 0.1) is 13.8 Å². The highest BCUT2D eigenvalue weighted by Crippen LogP contribution is 2.39. The number of anilines is 2. The number of hydrogen-bond donors (Lipinski definition) is 0. The highest BCUT2D eigenvalue weighted by molar-refractivity contribution is 8.04. The fourth-order valence-electron chi connectivity index (χ4n) is 3.59. The number of hydrogen-bond acceptors (Lipinski definition) is 4. The van der Waals surface area contributed by atoms with Gasteiger partial charge in [0.1, 0.15) is 10.6 Å². The molecular weight excluding hydrogens is 392 g/mol. The third kappa shape index (κ3) is 3.76. The van der Waals surface area contributed by atoms with Crippen molar-refractivity contribution in [2.45, 2.75) is 18.7 Å². The lowest BCUT2D eigenvalue weighted by Gasteiger charge is -2.21. The van der Waals surface area contributed by atoms with E-state index < -0.39 is 0 Å². The van der Waals surface area contributed by atoms with Crippen LogP contribution in [0.5, 0.6) is 0 Å². The molecule has 150 valence electrons. The summed E-state index contributed by atoms with van der Waals surface area (Å²) in [6.45, 7) is 3.93. The first-order chi connectivity index (χ1) is 14.5. The van der Waals surface area contributed by atoms with Crippen molar-refractivity contribution in [3.63, 3.8) is 0 Å². The minimum atomic E-state index is -0.310. The zero-order valence-electron chi connectivity index (χ0n) is 17.1. The largest absolute Gasteiger partial charge is 0.339 e. The molecule has 0 saturated carbocycles. The number of rotatable bonds is 5. The molecule has 0 radical (unpaired) electrons. The molecule has 0 spiro atoms. The van der Waals surface area contributed by atoms with Crippen molar-refractivity contribution in [1.82, 2.24) is 0 Å². The van der Waals surface area contributed by atoms with Gasteiger partial charge in [-0.1, -0.05) is 54.2 Å². The summed E-state index contributed by atoms with van der Waals surface area (Å²) in [5.74, 6) is -0.605. The van der Waals surface area contributed by atoms with Gasteiger partial charge in [0.15, 0.2) is 0 Å². The Labute approximate surface area is 180 Å². The molecule has 0 atom stereocenters. The summed E-state index contributed by atoms with van der Waals surface area (Å²) < 4.78 is 0. The van der Waals surface area contributed by atoms with Crippen molar-refractivity contribution in [2.75, 3.05) is 16.8 Å². The molecule has 1 aliphatic rings. The molecule has 1 heterocycles. The molecule has 0 aromatic heterocycles. The molecule has 0 bridgehead atoms. The molecule has 2 amide bonds. The molecule has 1 aliphatic heterocycles. The third-order valence-corrected chi connectivity index (χ3v) is 6.00. The van der Waals surface area contributed by atoms with Crippen molar-refractivity contribution < 1.29 is 9.59 Å². The van der Waals surface area contributed by atoms with Crippen LogP contribution in [0.2, 0.25) is 0 Å². The van der Waals surface area contributed by atoms with Crippen LogP contribution < -0.4 is 9.80 Å². The number of aryl methyl sites for hydroxylation is 2. The Morgan fingerprint density at radius 2 is 1.33 bits per heavy atom. The Morgan fingerprint density at radius 3 is 1.93 bits per heavy atom. The Balaban J connectivity index is 1.81. The van der Waals surface area contributed by atoms with E-state index in [1.165, 1.54) is 16.7 Å². The van der Waals surface area contributed by atoms with Crippen LogP contribution in [-0.2, 0) is 9.59 Å². The van der Waals surface area contributed by atoms with Crippen LogP contribution >= 0.6 is 11.8 Å². The van der Waals surface area contributed by atoms with E-state index in [9.17, 15) is 9.59 Å². The smallest absolute Gasteiger partial charge is 0.283 e. The highest BCUT2D eigenvalue weighted by atomic mass is 32.2. The molecule has 30 heavy (non-hydrogen) atoms. The molecule has 0 N–H and O–H groups in total. The van der Waals surface area contributed by atoms with Crippen molar-refractivity contribution >= 4 is 35.0 Å². The van der Waals surface area contributed by atoms with Crippen LogP contribution in [0.25, 0.3) is 0 Å². The lowest BCUT2D eigenvalue weighted by molar-refractivity contribution is -0.120. The zero-order chi connectivity index (χ0) is 21.3. The molecule has 0 saturated heterocycles. The van der Waals surface area contributed by atoms with Crippen LogP contribution in [-0.4, -0.2) is 18.9 Å². The van der Waals surface area contributed by atoms with Gasteiger partial charge < -0.3 is 4.90 Å². The van der Waals surface area contributed by atoms with Gasteiger partial charge in [-0.15, -0.1) is 0 Å². The van der Waals surface area contributed by atoms with Gasteiger partial charge in [-0.05, 0) is 61.4 Å². The van der Waals surface area contributed by atoms with Crippen molar-refractivity contribution in [1.29, 1.82) is 0 Å². The Kier molecular flexibility index (Phi) is 5.46. The maximum Gasteiger partial charge on any atom is 0.283 e. The van der Waals surface area contributed by atoms with E-state index in [0.29, 0.717) is 16.3 Å². The lowest BCUT2D eigenvalue weighted by atomic mass is 10.1. The minimum absolute atomic E-state index is 0.295. The summed E-state index contributed by atoms with van der Waals surface area (Å²) in [7, 11) is 1.83. The van der Waals surface area contributed by atoms with Crippen LogP contribution in [0.1, 0.15) is 11.1 Å². The fraction of sp³-hybridized carbons (Fsp3) is 0.120. The second kappa shape index (κ2) is 8.20. The number of imide groups is 1. The van der Waals surface area contributed by atoms with Gasteiger partial charge in [-0.25, -0.2) is 4.90 Å². The van der Waals surface area contributed by atoms with Crippen LogP contribution in [0.15, 0.2) is 94.4 Å². The molecule has 5 heteroatoms. The van der Waals surface area contributed by atoms with Gasteiger partial charge in [0, 0.05) is 17.6 Å². The molecular formula is C25H22N2O2S. The van der Waals surface area contributed by atoms with E-state index in [1.807, 2.05) is 99.8 Å². The van der Waals surface area contributed by atoms with E-state index in [1.54, 1.807) is 4.90 Å². The summed E-state index contributed by atoms with van der Waals surface area (Å²) >= 11 is 1.33. The number of para-hydroxylation sites is 1. The predicted molar refractivity (Wildman–Crippen MR) is 123 cm³/mol. The van der Waals surface area contributed by atoms with Gasteiger partial charge in [0.2, 0.25) is 0 Å². The molecule has 4 rings (SSSR count). The summed E-state index contributed by atoms with van der Waals surface area (Å²) in [5, 5.41) is 0. The summed E-state index contributed by atoms with van der Waals surface area (Å²) in [4.78, 5) is 31.5. The molecule has 3 aromatic carbocycles. The quantitative estimate of drug-likeness (QED) is 0.530. The monoisotopic (exact) mass is 414 g/mol. The molecule has 4 nitrogen and oxygen atoms in total. The second-order valence-corrected chi connectivity index (χ2v) is 8.36. The zero-order valence-corrected chi connectivity index (χ0v) is 17.9. The van der Waals surface area contributed by atoms with E-state index >= 15 is 0 Å². The minimum Gasteiger partial charge on any atom is -0.339 e. The van der Waals surface area contributed by atoms with Crippen molar-refractivity contribution in [2.24, 2.45) is 0 Å². The Bertz CT molecular complexity index is 1120. The first kappa shape index (κ1) is 20.0. The van der Waals surface area contributed by atoms with Crippen LogP contribution in [0.3, 0.4) is 0 Å². The molecule has 0 aliphatic carbocycles. The molecule has 0 unspecified atom stereocenters. The van der Waals surface area contributed by atoms with Gasteiger partial charge in [0.05, 0.1) is 5.69 Å². The van der Waals surface area contributed by atoms with E-state index in [0.717, 1.165) is 21.7 Å². The summed E-state index contributed by atoms with van der Waals surface area (Å²) in [5.41, 5.74) is 3.85. The van der Waals surface area contributed by atoms with Gasteiger partial charge >= 0.3 is 0 Å². The number of carbonyl (C=O) groups is 2.